The Hall–Kier alpha value is -2.72. The van der Waals surface area contributed by atoms with Crippen LogP contribution in [0, 0.1) is 6.92 Å². The number of carbonyl (C=O) groups is 1. The monoisotopic (exact) mass is 449 g/mol. The first kappa shape index (κ1) is 23.0. The number of rotatable bonds is 9. The molecule has 0 radical (unpaired) electrons. The number of aromatic amines is 1. The molecular weight excluding hydrogens is 422 g/mol. The lowest BCUT2D eigenvalue weighted by Crippen LogP contribution is -2.49. The number of hydrogen-bond acceptors (Lipinski definition) is 8. The molecule has 2 aromatic rings. The van der Waals surface area contributed by atoms with Crippen LogP contribution in [0.5, 0.6) is 0 Å². The summed E-state index contributed by atoms with van der Waals surface area (Å²) in [5, 5.41) is 9.88. The Labute approximate surface area is 186 Å². The van der Waals surface area contributed by atoms with Gasteiger partial charge in [0.05, 0.1) is 43.9 Å². The fourth-order valence-electron chi connectivity index (χ4n) is 3.28. The lowest BCUT2D eigenvalue weighted by molar-refractivity contribution is -0.132. The van der Waals surface area contributed by atoms with Gasteiger partial charge in [0.1, 0.15) is 11.0 Å². The van der Waals surface area contributed by atoms with Gasteiger partial charge in [0.25, 0.3) is 5.56 Å². The highest BCUT2D eigenvalue weighted by Gasteiger charge is 2.22. The highest BCUT2D eigenvalue weighted by molar-refractivity contribution is 6.29. The van der Waals surface area contributed by atoms with E-state index in [1.807, 2.05) is 11.8 Å². The molecule has 11 heteroatoms. The molecule has 3 rings (SSSR count). The van der Waals surface area contributed by atoms with Gasteiger partial charge in [-0.05, 0) is 13.3 Å². The van der Waals surface area contributed by atoms with Crippen LogP contribution in [-0.4, -0.2) is 76.4 Å². The molecule has 1 atom stereocenters. The molecule has 2 aromatic heterocycles. The zero-order valence-corrected chi connectivity index (χ0v) is 18.6. The zero-order chi connectivity index (χ0) is 22.2. The number of amides is 1. The van der Waals surface area contributed by atoms with Crippen LogP contribution in [0.25, 0.3) is 0 Å². The summed E-state index contributed by atoms with van der Waals surface area (Å²) in [4.78, 5) is 36.4. The van der Waals surface area contributed by atoms with Crippen molar-refractivity contribution < 1.29 is 9.53 Å². The van der Waals surface area contributed by atoms with Crippen LogP contribution >= 0.6 is 11.6 Å². The third-order valence-corrected chi connectivity index (χ3v) is 5.49. The Morgan fingerprint density at radius 3 is 2.71 bits per heavy atom. The Kier molecular flexibility index (Phi) is 8.19. The Bertz CT molecular complexity index is 914. The van der Waals surface area contributed by atoms with Gasteiger partial charge in [-0.15, -0.1) is 0 Å². The van der Waals surface area contributed by atoms with Crippen molar-refractivity contribution >= 4 is 29.0 Å². The molecule has 0 saturated carbocycles. The fraction of sp³-hybridized carbons (Fsp3) is 0.550. The largest absolute Gasteiger partial charge is 0.379 e. The summed E-state index contributed by atoms with van der Waals surface area (Å²) in [7, 11) is 0. The van der Waals surface area contributed by atoms with Crippen molar-refractivity contribution in [3.05, 3.63) is 39.7 Å². The van der Waals surface area contributed by atoms with Crippen molar-refractivity contribution in [2.75, 3.05) is 49.6 Å². The molecule has 31 heavy (non-hydrogen) atoms. The van der Waals surface area contributed by atoms with E-state index < -0.39 is 0 Å². The number of anilines is 2. The minimum atomic E-state index is -0.213. The number of halogens is 1. The van der Waals surface area contributed by atoms with Crippen molar-refractivity contribution in [1.29, 1.82) is 0 Å². The van der Waals surface area contributed by atoms with E-state index in [4.69, 9.17) is 16.3 Å². The maximum absolute atomic E-state index is 12.5. The predicted molar refractivity (Wildman–Crippen MR) is 119 cm³/mol. The summed E-state index contributed by atoms with van der Waals surface area (Å²) in [6.45, 7) is 7.25. The maximum Gasteiger partial charge on any atom is 0.269 e. The minimum absolute atomic E-state index is 0.0291. The van der Waals surface area contributed by atoms with Gasteiger partial charge in [0.15, 0.2) is 0 Å². The van der Waals surface area contributed by atoms with E-state index in [0.29, 0.717) is 62.2 Å². The van der Waals surface area contributed by atoms with Crippen LogP contribution in [0.2, 0.25) is 5.15 Å². The van der Waals surface area contributed by atoms with Crippen LogP contribution in [0.1, 0.15) is 25.3 Å². The van der Waals surface area contributed by atoms with Gasteiger partial charge < -0.3 is 19.9 Å². The average molecular weight is 450 g/mol. The van der Waals surface area contributed by atoms with Gasteiger partial charge in [0.2, 0.25) is 5.91 Å². The number of nitrogens with zero attached hydrogens (tertiary/aromatic N) is 5. The Morgan fingerprint density at radius 1 is 1.26 bits per heavy atom. The summed E-state index contributed by atoms with van der Waals surface area (Å²) in [5.74, 6) is 0.848. The molecule has 0 bridgehead atoms. The summed E-state index contributed by atoms with van der Waals surface area (Å²) < 4.78 is 5.73. The van der Waals surface area contributed by atoms with Crippen LogP contribution in [0.4, 0.5) is 11.5 Å². The molecule has 0 spiro atoms. The first-order chi connectivity index (χ1) is 15.0. The molecular formula is C20H28ClN7O3. The number of aromatic nitrogens is 4. The molecule has 1 saturated heterocycles. The second-order valence-corrected chi connectivity index (χ2v) is 7.76. The number of carbonyl (C=O) groups excluding carboxylic acids is 1. The van der Waals surface area contributed by atoms with Crippen LogP contribution in [0.3, 0.4) is 0 Å². The second-order valence-electron chi connectivity index (χ2n) is 7.38. The first-order valence-electron chi connectivity index (χ1n) is 10.4. The molecule has 0 unspecified atom stereocenters. The van der Waals surface area contributed by atoms with Crippen LogP contribution < -0.4 is 15.8 Å². The van der Waals surface area contributed by atoms with Crippen molar-refractivity contribution in [3.63, 3.8) is 0 Å². The lowest BCUT2D eigenvalue weighted by Gasteiger charge is -2.35. The summed E-state index contributed by atoms with van der Waals surface area (Å²) in [6, 6.07) is 0.0291. The predicted octanol–water partition coefficient (Wildman–Crippen LogP) is 1.47. The van der Waals surface area contributed by atoms with E-state index >= 15 is 0 Å². The van der Waals surface area contributed by atoms with E-state index in [1.54, 1.807) is 19.3 Å². The third-order valence-electron chi connectivity index (χ3n) is 5.30. The maximum atomic E-state index is 12.5. The summed E-state index contributed by atoms with van der Waals surface area (Å²) in [6.07, 6.45) is 5.92. The molecule has 0 aromatic carbocycles. The van der Waals surface area contributed by atoms with Gasteiger partial charge in [-0.1, -0.05) is 18.5 Å². The molecule has 2 N–H and O–H groups in total. The zero-order valence-electron chi connectivity index (χ0n) is 17.8. The van der Waals surface area contributed by atoms with Gasteiger partial charge in [-0.25, -0.2) is 15.1 Å². The minimum Gasteiger partial charge on any atom is -0.379 e. The summed E-state index contributed by atoms with van der Waals surface area (Å²) in [5.41, 5.74) is 1.07. The van der Waals surface area contributed by atoms with Gasteiger partial charge >= 0.3 is 0 Å². The molecule has 10 nitrogen and oxygen atoms in total. The number of piperazine rings is 1. The number of ether oxygens (including phenoxy) is 1. The van der Waals surface area contributed by atoms with Crippen molar-refractivity contribution in [2.45, 2.75) is 32.7 Å². The van der Waals surface area contributed by atoms with Crippen LogP contribution in [0.15, 0.2) is 23.4 Å². The van der Waals surface area contributed by atoms with Gasteiger partial charge in [0, 0.05) is 37.8 Å². The highest BCUT2D eigenvalue weighted by Crippen LogP contribution is 2.14. The van der Waals surface area contributed by atoms with Crippen molar-refractivity contribution in [2.24, 2.45) is 0 Å². The fourth-order valence-corrected chi connectivity index (χ4v) is 3.38. The Balaban J connectivity index is 1.37. The quantitative estimate of drug-likeness (QED) is 0.553. The van der Waals surface area contributed by atoms with Crippen LogP contribution in [-0.2, 0) is 9.53 Å². The molecule has 1 aliphatic rings. The van der Waals surface area contributed by atoms with Gasteiger partial charge in [-0.2, -0.15) is 5.10 Å². The third kappa shape index (κ3) is 6.38. The molecule has 1 fully saturated rings. The van der Waals surface area contributed by atoms with E-state index in [2.05, 4.69) is 30.4 Å². The molecule has 1 amide bonds. The molecule has 3 heterocycles. The SMILES string of the molecule is CC[C@@H](COCCC(=O)N1CCN(c2cnc(Cl)cn2)CC1)Nc1cn[nH]c(=O)c1C. The van der Waals surface area contributed by atoms with Crippen molar-refractivity contribution in [1.82, 2.24) is 25.1 Å². The van der Waals surface area contributed by atoms with E-state index in [9.17, 15) is 9.59 Å². The standard InChI is InChI=1S/C20H28ClN7O3/c1-3-15(25-16-10-24-26-20(30)14(16)2)13-31-9-4-19(29)28-7-5-27(6-8-28)18-12-22-17(21)11-23-18/h10-12,15H,3-9,13H2,1-2H3,(H2,25,26,30)/t15-/m0/s1. The van der Waals surface area contributed by atoms with E-state index in [0.717, 1.165) is 12.2 Å². The van der Waals surface area contributed by atoms with Crippen molar-refractivity contribution in [3.8, 4) is 0 Å². The lowest BCUT2D eigenvalue weighted by atomic mass is 10.2. The molecule has 1 aliphatic heterocycles. The number of nitrogens with one attached hydrogen (secondary N) is 2. The topological polar surface area (TPSA) is 116 Å². The Morgan fingerprint density at radius 2 is 2.03 bits per heavy atom. The average Bonchev–Trinajstić information content (AvgIpc) is 2.79. The van der Waals surface area contributed by atoms with E-state index in [1.165, 1.54) is 6.20 Å². The van der Waals surface area contributed by atoms with E-state index in [-0.39, 0.29) is 17.5 Å². The second kappa shape index (κ2) is 11.1. The number of hydrogen-bond donors (Lipinski definition) is 2. The highest BCUT2D eigenvalue weighted by atomic mass is 35.5. The molecule has 168 valence electrons. The number of H-pyrrole nitrogens is 1. The molecule has 0 aliphatic carbocycles. The normalized spacial score (nSPS) is 15.1. The first-order valence-corrected chi connectivity index (χ1v) is 10.7. The summed E-state index contributed by atoms with van der Waals surface area (Å²) >= 11 is 5.78. The smallest absolute Gasteiger partial charge is 0.269 e. The van der Waals surface area contributed by atoms with Gasteiger partial charge in [-0.3, -0.25) is 9.59 Å².